The van der Waals surface area contributed by atoms with E-state index in [-0.39, 0.29) is 18.6 Å². The molecule has 1 aromatic carbocycles. The van der Waals surface area contributed by atoms with Crippen LogP contribution < -0.4 is 10.5 Å². The number of hydrogen-bond acceptors (Lipinski definition) is 3. The van der Waals surface area contributed by atoms with Gasteiger partial charge in [0.15, 0.2) is 6.61 Å². The molecule has 1 unspecified atom stereocenters. The number of nitrogens with two attached hydrogens (primary N) is 1. The Bertz CT molecular complexity index is 358. The van der Waals surface area contributed by atoms with Crippen molar-refractivity contribution in [2.45, 2.75) is 19.4 Å². The summed E-state index contributed by atoms with van der Waals surface area (Å²) in [5.41, 5.74) is 6.89. The Kier molecular flexibility index (Phi) is 4.97. The zero-order valence-electron chi connectivity index (χ0n) is 10.6. The zero-order valence-corrected chi connectivity index (χ0v) is 10.6. The minimum absolute atomic E-state index is 0.0512. The maximum Gasteiger partial charge on any atom is 0.259 e. The fourth-order valence-corrected chi connectivity index (χ4v) is 1.37. The average Bonchev–Trinajstić information content (AvgIpc) is 2.26. The molecule has 0 fully saturated rings. The van der Waals surface area contributed by atoms with Crippen molar-refractivity contribution in [3.05, 3.63) is 29.8 Å². The smallest absolute Gasteiger partial charge is 0.259 e. The standard InChI is InChI=1S/C13H20N2O2/c1-10(14)8-11-4-6-12(7-5-11)17-9-13(16)15(2)3/h4-7,10H,8-9,14H2,1-3H3. The van der Waals surface area contributed by atoms with Gasteiger partial charge in [0.1, 0.15) is 5.75 Å². The number of benzene rings is 1. The summed E-state index contributed by atoms with van der Waals surface area (Å²) in [6.07, 6.45) is 0.844. The molecule has 4 nitrogen and oxygen atoms in total. The maximum atomic E-state index is 11.3. The third-order valence-corrected chi connectivity index (χ3v) is 2.34. The molecule has 0 spiro atoms. The van der Waals surface area contributed by atoms with Gasteiger partial charge in [-0.1, -0.05) is 12.1 Å². The minimum Gasteiger partial charge on any atom is -0.484 e. The largest absolute Gasteiger partial charge is 0.484 e. The van der Waals surface area contributed by atoms with Gasteiger partial charge in [-0.3, -0.25) is 4.79 Å². The number of carbonyl (C=O) groups is 1. The lowest BCUT2D eigenvalue weighted by Crippen LogP contribution is -2.27. The number of rotatable bonds is 5. The highest BCUT2D eigenvalue weighted by Gasteiger charge is 2.05. The molecule has 0 heterocycles. The van der Waals surface area contributed by atoms with E-state index in [1.807, 2.05) is 31.2 Å². The number of likely N-dealkylation sites (N-methyl/N-ethyl adjacent to an activating group) is 1. The van der Waals surface area contributed by atoms with E-state index in [1.165, 1.54) is 10.5 Å². The van der Waals surface area contributed by atoms with E-state index in [9.17, 15) is 4.79 Å². The molecule has 0 aliphatic rings. The Hall–Kier alpha value is -1.55. The molecule has 0 saturated heterocycles. The van der Waals surface area contributed by atoms with Crippen molar-refractivity contribution < 1.29 is 9.53 Å². The van der Waals surface area contributed by atoms with Gasteiger partial charge in [0.2, 0.25) is 0 Å². The molecular formula is C13H20N2O2. The van der Waals surface area contributed by atoms with E-state index in [2.05, 4.69) is 0 Å². The van der Waals surface area contributed by atoms with Gasteiger partial charge in [-0.25, -0.2) is 0 Å². The van der Waals surface area contributed by atoms with Crippen LogP contribution in [0, 0.1) is 0 Å². The molecule has 0 aliphatic carbocycles. The number of hydrogen-bond donors (Lipinski definition) is 1. The van der Waals surface area contributed by atoms with Crippen molar-refractivity contribution in [1.82, 2.24) is 4.90 Å². The third-order valence-electron chi connectivity index (χ3n) is 2.34. The van der Waals surface area contributed by atoms with Crippen molar-refractivity contribution in [3.63, 3.8) is 0 Å². The first kappa shape index (κ1) is 13.5. The Balaban J connectivity index is 2.48. The van der Waals surface area contributed by atoms with Crippen molar-refractivity contribution in [1.29, 1.82) is 0 Å². The van der Waals surface area contributed by atoms with E-state index >= 15 is 0 Å². The Morgan fingerprint density at radius 1 is 1.35 bits per heavy atom. The molecule has 0 bridgehead atoms. The monoisotopic (exact) mass is 236 g/mol. The third kappa shape index (κ3) is 4.87. The molecule has 1 rings (SSSR count). The summed E-state index contributed by atoms with van der Waals surface area (Å²) < 4.78 is 5.37. The van der Waals surface area contributed by atoms with Crippen LogP contribution in [0.2, 0.25) is 0 Å². The predicted octanol–water partition coefficient (Wildman–Crippen LogP) is 1.04. The fourth-order valence-electron chi connectivity index (χ4n) is 1.37. The zero-order chi connectivity index (χ0) is 12.8. The van der Waals surface area contributed by atoms with Crippen molar-refractivity contribution in [2.75, 3.05) is 20.7 Å². The minimum atomic E-state index is -0.0512. The van der Waals surface area contributed by atoms with Crippen LogP contribution in [0.5, 0.6) is 5.75 Å². The summed E-state index contributed by atoms with van der Waals surface area (Å²) in [7, 11) is 3.41. The highest BCUT2D eigenvalue weighted by Crippen LogP contribution is 2.13. The van der Waals surface area contributed by atoms with Crippen molar-refractivity contribution in [2.24, 2.45) is 5.73 Å². The van der Waals surface area contributed by atoms with E-state index in [0.717, 1.165) is 6.42 Å². The second-order valence-electron chi connectivity index (χ2n) is 4.40. The normalized spacial score (nSPS) is 12.0. The van der Waals surface area contributed by atoms with Gasteiger partial charge in [0, 0.05) is 20.1 Å². The van der Waals surface area contributed by atoms with E-state index in [4.69, 9.17) is 10.5 Å². The molecule has 4 heteroatoms. The molecule has 17 heavy (non-hydrogen) atoms. The van der Waals surface area contributed by atoms with Crippen LogP contribution in [0.25, 0.3) is 0 Å². The summed E-state index contributed by atoms with van der Waals surface area (Å²) in [5, 5.41) is 0. The summed E-state index contributed by atoms with van der Waals surface area (Å²) in [6.45, 7) is 2.04. The molecule has 1 amide bonds. The maximum absolute atomic E-state index is 11.3. The molecule has 1 aromatic rings. The van der Waals surface area contributed by atoms with Crippen LogP contribution in [0.4, 0.5) is 0 Å². The van der Waals surface area contributed by atoms with Gasteiger partial charge >= 0.3 is 0 Å². The topological polar surface area (TPSA) is 55.6 Å². The average molecular weight is 236 g/mol. The SMILES string of the molecule is CC(N)Cc1ccc(OCC(=O)N(C)C)cc1. The number of carbonyl (C=O) groups excluding carboxylic acids is 1. The van der Waals surface area contributed by atoms with Gasteiger partial charge in [-0.15, -0.1) is 0 Å². The highest BCUT2D eigenvalue weighted by atomic mass is 16.5. The van der Waals surface area contributed by atoms with Crippen LogP contribution in [0.3, 0.4) is 0 Å². The lowest BCUT2D eigenvalue weighted by Gasteiger charge is -2.11. The van der Waals surface area contributed by atoms with Crippen LogP contribution in [-0.4, -0.2) is 37.6 Å². The Labute approximate surface area is 102 Å². The summed E-state index contributed by atoms with van der Waals surface area (Å²) in [4.78, 5) is 12.8. The molecule has 1 atom stereocenters. The predicted molar refractivity (Wildman–Crippen MR) is 68.0 cm³/mol. The van der Waals surface area contributed by atoms with Gasteiger partial charge < -0.3 is 15.4 Å². The summed E-state index contributed by atoms with van der Waals surface area (Å²) >= 11 is 0. The first-order valence-electron chi connectivity index (χ1n) is 5.66. The van der Waals surface area contributed by atoms with Gasteiger partial charge in [-0.05, 0) is 31.0 Å². The number of nitrogens with zero attached hydrogens (tertiary/aromatic N) is 1. The molecule has 2 N–H and O–H groups in total. The van der Waals surface area contributed by atoms with Crippen molar-refractivity contribution in [3.8, 4) is 5.75 Å². The van der Waals surface area contributed by atoms with Gasteiger partial charge in [0.05, 0.1) is 0 Å². The molecule has 0 aliphatic heterocycles. The molecule has 0 radical (unpaired) electrons. The summed E-state index contributed by atoms with van der Waals surface area (Å²) in [6, 6.07) is 7.82. The first-order chi connectivity index (χ1) is 7.99. The lowest BCUT2D eigenvalue weighted by atomic mass is 10.1. The van der Waals surface area contributed by atoms with Gasteiger partial charge in [-0.2, -0.15) is 0 Å². The fraction of sp³-hybridized carbons (Fsp3) is 0.462. The molecule has 94 valence electrons. The molecule has 0 saturated carbocycles. The van der Waals surface area contributed by atoms with Crippen LogP contribution in [0.15, 0.2) is 24.3 Å². The number of ether oxygens (including phenoxy) is 1. The number of amides is 1. The summed E-state index contributed by atoms with van der Waals surface area (Å²) in [5.74, 6) is 0.651. The highest BCUT2D eigenvalue weighted by molar-refractivity contribution is 5.77. The van der Waals surface area contributed by atoms with Crippen LogP contribution in [-0.2, 0) is 11.2 Å². The van der Waals surface area contributed by atoms with E-state index in [1.54, 1.807) is 14.1 Å². The second-order valence-corrected chi connectivity index (χ2v) is 4.40. The van der Waals surface area contributed by atoms with Crippen molar-refractivity contribution >= 4 is 5.91 Å². The molecule has 0 aromatic heterocycles. The Morgan fingerprint density at radius 3 is 2.41 bits per heavy atom. The lowest BCUT2D eigenvalue weighted by molar-refractivity contribution is -0.130. The van der Waals surface area contributed by atoms with E-state index < -0.39 is 0 Å². The quantitative estimate of drug-likeness (QED) is 0.831. The Morgan fingerprint density at radius 2 is 1.94 bits per heavy atom. The van der Waals surface area contributed by atoms with Gasteiger partial charge in [0.25, 0.3) is 5.91 Å². The van der Waals surface area contributed by atoms with Crippen LogP contribution in [0.1, 0.15) is 12.5 Å². The molecular weight excluding hydrogens is 216 g/mol. The second kappa shape index (κ2) is 6.25. The van der Waals surface area contributed by atoms with Crippen LogP contribution >= 0.6 is 0 Å². The van der Waals surface area contributed by atoms with E-state index in [0.29, 0.717) is 5.75 Å². The first-order valence-corrected chi connectivity index (χ1v) is 5.66.